The van der Waals surface area contributed by atoms with Gasteiger partial charge in [-0.3, -0.25) is 0 Å². The van der Waals surface area contributed by atoms with E-state index in [2.05, 4.69) is 21.5 Å². The van der Waals surface area contributed by atoms with Gasteiger partial charge in [-0.1, -0.05) is 22.9 Å². The summed E-state index contributed by atoms with van der Waals surface area (Å²) < 4.78 is 4.67. The smallest absolute Gasteiger partial charge is 0.351 e. The number of thioether (sulfide) groups is 1. The third kappa shape index (κ3) is 2.69. The molecule has 4 nitrogen and oxygen atoms in total. The molecule has 0 aromatic carbocycles. The van der Waals surface area contributed by atoms with Gasteiger partial charge in [0.15, 0.2) is 15.2 Å². The van der Waals surface area contributed by atoms with Crippen LogP contribution in [0.1, 0.15) is 16.6 Å². The highest BCUT2D eigenvalue weighted by Gasteiger charge is 2.25. The third-order valence-electron chi connectivity index (χ3n) is 2.56. The Bertz CT molecular complexity index is 424. The molecule has 7 heteroatoms. The van der Waals surface area contributed by atoms with E-state index in [1.807, 2.05) is 11.8 Å². The Morgan fingerprint density at radius 1 is 1.65 bits per heavy atom. The first kappa shape index (κ1) is 13.0. The predicted octanol–water partition coefficient (Wildman–Crippen LogP) is 2.52. The fraction of sp³-hybridized carbons (Fsp3) is 0.600. The van der Waals surface area contributed by atoms with Crippen LogP contribution >= 0.6 is 34.7 Å². The fourth-order valence-corrected chi connectivity index (χ4v) is 3.98. The van der Waals surface area contributed by atoms with Gasteiger partial charge in [0.1, 0.15) is 0 Å². The number of esters is 1. The quantitative estimate of drug-likeness (QED) is 0.784. The number of methoxy groups -OCH3 is 1. The Labute approximate surface area is 113 Å². The lowest BCUT2D eigenvalue weighted by molar-refractivity contribution is 0.0606. The summed E-state index contributed by atoms with van der Waals surface area (Å²) in [5.41, 5.74) is 0. The maximum absolute atomic E-state index is 11.5. The first-order valence-electron chi connectivity index (χ1n) is 5.22. The zero-order valence-electron chi connectivity index (χ0n) is 9.60. The number of hydrogen-bond acceptors (Lipinski definition) is 6. The topological polar surface area (TPSA) is 42.4 Å². The van der Waals surface area contributed by atoms with Crippen LogP contribution in [0.5, 0.6) is 0 Å². The standard InChI is InChI=1S/C10H13ClN2O2S2/c1-6-5-16-4-3-13(6)10-12-8(11)7(17-10)9(14)15-2/h6H,3-5H2,1-2H3. The number of carbonyl (C=O) groups excluding carboxylic acids is 1. The van der Waals surface area contributed by atoms with Gasteiger partial charge in [0, 0.05) is 24.1 Å². The molecule has 0 bridgehead atoms. The van der Waals surface area contributed by atoms with E-state index < -0.39 is 5.97 Å². The minimum absolute atomic E-state index is 0.238. The van der Waals surface area contributed by atoms with Gasteiger partial charge in [-0.05, 0) is 6.92 Å². The minimum atomic E-state index is -0.419. The highest BCUT2D eigenvalue weighted by atomic mass is 35.5. The Morgan fingerprint density at radius 3 is 3.06 bits per heavy atom. The minimum Gasteiger partial charge on any atom is -0.465 e. The summed E-state index contributed by atoms with van der Waals surface area (Å²) in [6.07, 6.45) is 0. The number of hydrogen-bond donors (Lipinski definition) is 0. The summed E-state index contributed by atoms with van der Waals surface area (Å²) >= 11 is 9.19. The monoisotopic (exact) mass is 292 g/mol. The van der Waals surface area contributed by atoms with Crippen molar-refractivity contribution in [1.29, 1.82) is 0 Å². The van der Waals surface area contributed by atoms with Gasteiger partial charge < -0.3 is 9.64 Å². The Kier molecular flexibility index (Phi) is 4.17. The lowest BCUT2D eigenvalue weighted by Gasteiger charge is -2.32. The van der Waals surface area contributed by atoms with Gasteiger partial charge >= 0.3 is 5.97 Å². The van der Waals surface area contributed by atoms with E-state index >= 15 is 0 Å². The molecule has 0 radical (unpaired) electrons. The molecular weight excluding hydrogens is 280 g/mol. The molecule has 1 aliphatic heterocycles. The highest BCUT2D eigenvalue weighted by Crippen LogP contribution is 2.33. The number of thiazole rings is 1. The van der Waals surface area contributed by atoms with Crippen LogP contribution in [0.4, 0.5) is 5.13 Å². The summed E-state index contributed by atoms with van der Waals surface area (Å²) in [7, 11) is 1.35. The van der Waals surface area contributed by atoms with Crippen LogP contribution in [0.25, 0.3) is 0 Å². The van der Waals surface area contributed by atoms with Gasteiger partial charge in [-0.25, -0.2) is 9.78 Å². The summed E-state index contributed by atoms with van der Waals surface area (Å²) in [4.78, 5) is 18.3. The number of rotatable bonds is 2. The average molecular weight is 293 g/mol. The molecule has 1 saturated heterocycles. The summed E-state index contributed by atoms with van der Waals surface area (Å²) in [6, 6.07) is 0.418. The van der Waals surface area contributed by atoms with Crippen molar-refractivity contribution in [2.45, 2.75) is 13.0 Å². The molecule has 1 aromatic rings. The number of nitrogens with zero attached hydrogens (tertiary/aromatic N) is 2. The molecule has 17 heavy (non-hydrogen) atoms. The lowest BCUT2D eigenvalue weighted by atomic mass is 10.3. The van der Waals surface area contributed by atoms with Crippen LogP contribution < -0.4 is 4.90 Å². The van der Waals surface area contributed by atoms with Crippen LogP contribution in [0.3, 0.4) is 0 Å². The largest absolute Gasteiger partial charge is 0.465 e. The van der Waals surface area contributed by atoms with Crippen molar-refractivity contribution in [2.24, 2.45) is 0 Å². The van der Waals surface area contributed by atoms with Gasteiger partial charge in [-0.15, -0.1) is 0 Å². The van der Waals surface area contributed by atoms with E-state index in [0.717, 1.165) is 23.2 Å². The van der Waals surface area contributed by atoms with Gasteiger partial charge in [0.05, 0.1) is 7.11 Å². The van der Waals surface area contributed by atoms with Crippen LogP contribution in [-0.2, 0) is 4.74 Å². The molecule has 0 aliphatic carbocycles. The average Bonchev–Trinajstić information content (AvgIpc) is 2.71. The van der Waals surface area contributed by atoms with Crippen molar-refractivity contribution < 1.29 is 9.53 Å². The highest BCUT2D eigenvalue weighted by molar-refractivity contribution is 7.99. The fourth-order valence-electron chi connectivity index (χ4n) is 1.64. The van der Waals surface area contributed by atoms with Crippen molar-refractivity contribution in [2.75, 3.05) is 30.1 Å². The molecule has 1 atom stereocenters. The van der Waals surface area contributed by atoms with Gasteiger partial charge in [0.2, 0.25) is 0 Å². The molecule has 94 valence electrons. The van der Waals surface area contributed by atoms with Crippen LogP contribution in [0.15, 0.2) is 0 Å². The molecular formula is C10H13ClN2O2S2. The van der Waals surface area contributed by atoms with Gasteiger partial charge in [-0.2, -0.15) is 11.8 Å². The van der Waals surface area contributed by atoms with E-state index in [4.69, 9.17) is 11.6 Å². The second-order valence-corrected chi connectivity index (χ2v) is 6.21. The zero-order valence-corrected chi connectivity index (χ0v) is 12.0. The summed E-state index contributed by atoms with van der Waals surface area (Å²) in [6.45, 7) is 3.09. The number of carbonyl (C=O) groups is 1. The van der Waals surface area contributed by atoms with E-state index in [-0.39, 0.29) is 5.15 Å². The van der Waals surface area contributed by atoms with Crippen molar-refractivity contribution >= 4 is 45.8 Å². The molecule has 1 aromatic heterocycles. The Morgan fingerprint density at radius 2 is 2.41 bits per heavy atom. The number of halogens is 1. The SMILES string of the molecule is COC(=O)c1sc(N2CCSCC2C)nc1Cl. The molecule has 0 amide bonds. The van der Waals surface area contributed by atoms with Crippen LogP contribution in [0.2, 0.25) is 5.15 Å². The van der Waals surface area contributed by atoms with E-state index in [0.29, 0.717) is 10.9 Å². The van der Waals surface area contributed by atoms with E-state index in [9.17, 15) is 4.79 Å². The van der Waals surface area contributed by atoms with Gasteiger partial charge in [0.25, 0.3) is 0 Å². The Balaban J connectivity index is 2.24. The number of aromatic nitrogens is 1. The summed E-state index contributed by atoms with van der Waals surface area (Å²) in [5, 5.41) is 1.05. The second kappa shape index (κ2) is 5.46. The molecule has 0 N–H and O–H groups in total. The molecule has 1 unspecified atom stereocenters. The zero-order chi connectivity index (χ0) is 12.4. The lowest BCUT2D eigenvalue weighted by Crippen LogP contribution is -2.40. The van der Waals surface area contributed by atoms with Crippen molar-refractivity contribution in [3.05, 3.63) is 10.0 Å². The molecule has 0 saturated carbocycles. The second-order valence-electron chi connectivity index (χ2n) is 3.73. The molecule has 2 heterocycles. The molecule has 0 spiro atoms. The van der Waals surface area contributed by atoms with E-state index in [1.54, 1.807) is 0 Å². The Hall–Kier alpha value is -0.460. The number of anilines is 1. The predicted molar refractivity (Wildman–Crippen MR) is 72.6 cm³/mol. The molecule has 2 rings (SSSR count). The third-order valence-corrected chi connectivity index (χ3v) is 5.21. The van der Waals surface area contributed by atoms with Crippen LogP contribution in [0, 0.1) is 0 Å². The summed E-state index contributed by atoms with van der Waals surface area (Å²) in [5.74, 6) is 1.73. The maximum Gasteiger partial charge on any atom is 0.351 e. The first-order valence-corrected chi connectivity index (χ1v) is 7.57. The van der Waals surface area contributed by atoms with Crippen molar-refractivity contribution in [3.8, 4) is 0 Å². The first-order chi connectivity index (χ1) is 8.13. The normalized spacial score (nSPS) is 20.4. The van der Waals surface area contributed by atoms with E-state index in [1.165, 1.54) is 18.4 Å². The van der Waals surface area contributed by atoms with Crippen molar-refractivity contribution in [1.82, 2.24) is 4.98 Å². The maximum atomic E-state index is 11.5. The van der Waals surface area contributed by atoms with Crippen LogP contribution in [-0.4, -0.2) is 42.2 Å². The molecule has 1 aliphatic rings. The van der Waals surface area contributed by atoms with Crippen molar-refractivity contribution in [3.63, 3.8) is 0 Å². The number of ether oxygens (including phenoxy) is 1. The molecule has 1 fully saturated rings.